The molecule has 6 heteroatoms. The van der Waals surface area contributed by atoms with Gasteiger partial charge in [0.25, 0.3) is 0 Å². The number of benzene rings is 1. The Labute approximate surface area is 99.2 Å². The van der Waals surface area contributed by atoms with Crippen LogP contribution in [0, 0.1) is 11.6 Å². The van der Waals surface area contributed by atoms with E-state index in [4.69, 9.17) is 9.84 Å². The van der Waals surface area contributed by atoms with Gasteiger partial charge >= 0.3 is 5.97 Å². The van der Waals surface area contributed by atoms with E-state index < -0.39 is 29.0 Å². The highest BCUT2D eigenvalue weighted by Gasteiger charge is 2.31. The highest BCUT2D eigenvalue weighted by Crippen LogP contribution is 2.29. The number of carboxylic acids is 1. The van der Waals surface area contributed by atoms with Crippen LogP contribution in [0.15, 0.2) is 16.6 Å². The molecule has 3 nitrogen and oxygen atoms in total. The molecule has 1 aromatic rings. The topological polar surface area (TPSA) is 46.5 Å². The van der Waals surface area contributed by atoms with Gasteiger partial charge in [0.1, 0.15) is 0 Å². The molecule has 0 aromatic heterocycles. The molecule has 0 aliphatic rings. The molecule has 0 bridgehead atoms. The van der Waals surface area contributed by atoms with E-state index in [1.807, 2.05) is 0 Å². The summed E-state index contributed by atoms with van der Waals surface area (Å²) in [6.07, 6.45) is 0. The molecule has 0 fully saturated rings. The molecule has 1 rings (SSSR count). The van der Waals surface area contributed by atoms with E-state index in [0.29, 0.717) is 0 Å². The maximum Gasteiger partial charge on any atom is 0.347 e. The average Bonchev–Trinajstić information content (AvgIpc) is 2.11. The van der Waals surface area contributed by atoms with Gasteiger partial charge in [-0.15, -0.1) is 0 Å². The van der Waals surface area contributed by atoms with Crippen LogP contribution in [0.25, 0.3) is 0 Å². The van der Waals surface area contributed by atoms with E-state index in [-0.39, 0.29) is 4.47 Å². The normalized spacial score (nSPS) is 11.3. The van der Waals surface area contributed by atoms with Crippen molar-refractivity contribution < 1.29 is 23.4 Å². The summed E-state index contributed by atoms with van der Waals surface area (Å²) in [4.78, 5) is 10.7. The summed E-state index contributed by atoms with van der Waals surface area (Å²) in [6, 6.07) is 1.99. The second-order valence-electron chi connectivity index (χ2n) is 3.62. The maximum atomic E-state index is 13.3. The van der Waals surface area contributed by atoms with Gasteiger partial charge in [0.15, 0.2) is 23.0 Å². The number of carboxylic acid groups (broad SMARTS) is 1. The fourth-order valence-electron chi connectivity index (χ4n) is 0.925. The van der Waals surface area contributed by atoms with Crippen molar-refractivity contribution in [3.63, 3.8) is 0 Å². The fourth-order valence-corrected chi connectivity index (χ4v) is 1.33. The zero-order chi connectivity index (χ0) is 12.5. The summed E-state index contributed by atoms with van der Waals surface area (Å²) in [5.74, 6) is -3.92. The van der Waals surface area contributed by atoms with E-state index in [9.17, 15) is 13.6 Å². The standard InChI is InChI=1S/C10H9BrF2O3/c1-10(2,9(14)15)16-8-6(12)3-5(11)4-7(8)13/h3-4H,1-2H3,(H,14,15). The van der Waals surface area contributed by atoms with Gasteiger partial charge in [-0.05, 0) is 26.0 Å². The average molecular weight is 295 g/mol. The van der Waals surface area contributed by atoms with Gasteiger partial charge < -0.3 is 9.84 Å². The van der Waals surface area contributed by atoms with Crippen molar-refractivity contribution in [1.82, 2.24) is 0 Å². The van der Waals surface area contributed by atoms with E-state index in [2.05, 4.69) is 15.9 Å². The van der Waals surface area contributed by atoms with Crippen LogP contribution < -0.4 is 4.74 Å². The monoisotopic (exact) mass is 294 g/mol. The SMILES string of the molecule is CC(C)(Oc1c(F)cc(Br)cc1F)C(=O)O. The Balaban J connectivity index is 3.11. The number of carbonyl (C=O) groups is 1. The van der Waals surface area contributed by atoms with E-state index in [1.54, 1.807) is 0 Å². The minimum absolute atomic E-state index is 0.211. The first-order chi connectivity index (χ1) is 7.24. The summed E-state index contributed by atoms with van der Waals surface area (Å²) in [7, 11) is 0. The smallest absolute Gasteiger partial charge is 0.347 e. The number of ether oxygens (including phenoxy) is 1. The Morgan fingerprint density at radius 1 is 1.38 bits per heavy atom. The third-order valence-electron chi connectivity index (χ3n) is 1.84. The van der Waals surface area contributed by atoms with Gasteiger partial charge in [-0.1, -0.05) is 15.9 Å². The Bertz CT molecular complexity index is 409. The fraction of sp³-hybridized carbons (Fsp3) is 0.300. The summed E-state index contributed by atoms with van der Waals surface area (Å²) in [5, 5.41) is 8.76. The van der Waals surface area contributed by atoms with Crippen LogP contribution in [0.4, 0.5) is 8.78 Å². The first-order valence-electron chi connectivity index (χ1n) is 4.31. The summed E-state index contributed by atoms with van der Waals surface area (Å²) in [5.41, 5.74) is -1.70. The first-order valence-corrected chi connectivity index (χ1v) is 5.10. The molecule has 16 heavy (non-hydrogen) atoms. The second kappa shape index (κ2) is 4.37. The van der Waals surface area contributed by atoms with Crippen LogP contribution in [0.2, 0.25) is 0 Å². The number of rotatable bonds is 3. The zero-order valence-electron chi connectivity index (χ0n) is 8.55. The molecule has 88 valence electrons. The minimum Gasteiger partial charge on any atom is -0.478 e. The highest BCUT2D eigenvalue weighted by atomic mass is 79.9. The Hall–Kier alpha value is -1.17. The van der Waals surface area contributed by atoms with Crippen LogP contribution in [0.3, 0.4) is 0 Å². The van der Waals surface area contributed by atoms with Crippen molar-refractivity contribution in [1.29, 1.82) is 0 Å². The lowest BCUT2D eigenvalue weighted by molar-refractivity contribution is -0.152. The van der Waals surface area contributed by atoms with Gasteiger partial charge in [0.05, 0.1) is 0 Å². The lowest BCUT2D eigenvalue weighted by Crippen LogP contribution is -2.38. The summed E-state index contributed by atoms with van der Waals surface area (Å²) < 4.78 is 31.7. The molecule has 0 aliphatic carbocycles. The molecule has 0 aliphatic heterocycles. The van der Waals surface area contributed by atoms with E-state index in [0.717, 1.165) is 12.1 Å². The first kappa shape index (κ1) is 12.9. The molecular formula is C10H9BrF2O3. The minimum atomic E-state index is -1.70. The van der Waals surface area contributed by atoms with Crippen LogP contribution in [0.5, 0.6) is 5.75 Å². The largest absolute Gasteiger partial charge is 0.478 e. The molecule has 0 spiro atoms. The molecular weight excluding hydrogens is 286 g/mol. The number of hydrogen-bond donors (Lipinski definition) is 1. The van der Waals surface area contributed by atoms with Gasteiger partial charge in [-0.25, -0.2) is 13.6 Å². The zero-order valence-corrected chi connectivity index (χ0v) is 10.1. The van der Waals surface area contributed by atoms with Crippen molar-refractivity contribution in [2.75, 3.05) is 0 Å². The highest BCUT2D eigenvalue weighted by molar-refractivity contribution is 9.10. The van der Waals surface area contributed by atoms with Crippen LogP contribution >= 0.6 is 15.9 Å². The Kier molecular flexibility index (Phi) is 3.52. The van der Waals surface area contributed by atoms with Crippen LogP contribution in [0.1, 0.15) is 13.8 Å². The third-order valence-corrected chi connectivity index (χ3v) is 2.29. The van der Waals surface area contributed by atoms with Crippen molar-refractivity contribution in [3.8, 4) is 5.75 Å². The lowest BCUT2D eigenvalue weighted by atomic mass is 10.1. The van der Waals surface area contributed by atoms with E-state index >= 15 is 0 Å². The van der Waals surface area contributed by atoms with E-state index in [1.165, 1.54) is 13.8 Å². The molecule has 0 amide bonds. The summed E-state index contributed by atoms with van der Waals surface area (Å²) >= 11 is 2.90. The number of hydrogen-bond acceptors (Lipinski definition) is 2. The molecule has 0 heterocycles. The van der Waals surface area contributed by atoms with Gasteiger partial charge in [-0.3, -0.25) is 0 Å². The lowest BCUT2D eigenvalue weighted by Gasteiger charge is -2.22. The molecule has 0 atom stereocenters. The van der Waals surface area contributed by atoms with Gasteiger partial charge in [0, 0.05) is 4.47 Å². The van der Waals surface area contributed by atoms with Crippen molar-refractivity contribution in [2.45, 2.75) is 19.4 Å². The molecule has 1 N–H and O–H groups in total. The Morgan fingerprint density at radius 3 is 2.19 bits per heavy atom. The van der Waals surface area contributed by atoms with Crippen molar-refractivity contribution in [3.05, 3.63) is 28.2 Å². The third kappa shape index (κ3) is 2.69. The maximum absolute atomic E-state index is 13.3. The molecule has 0 unspecified atom stereocenters. The molecule has 0 saturated carbocycles. The molecule has 0 radical (unpaired) electrons. The predicted molar refractivity (Wildman–Crippen MR) is 56.4 cm³/mol. The van der Waals surface area contributed by atoms with Crippen molar-refractivity contribution in [2.24, 2.45) is 0 Å². The second-order valence-corrected chi connectivity index (χ2v) is 4.53. The van der Waals surface area contributed by atoms with Crippen molar-refractivity contribution >= 4 is 21.9 Å². The van der Waals surface area contributed by atoms with Crippen LogP contribution in [-0.2, 0) is 4.79 Å². The van der Waals surface area contributed by atoms with Gasteiger partial charge in [0.2, 0.25) is 0 Å². The number of aliphatic carboxylic acids is 1. The number of halogens is 3. The summed E-state index contributed by atoms with van der Waals surface area (Å²) in [6.45, 7) is 2.41. The van der Waals surface area contributed by atoms with Crippen LogP contribution in [-0.4, -0.2) is 16.7 Å². The Morgan fingerprint density at radius 2 is 1.81 bits per heavy atom. The predicted octanol–water partition coefficient (Wildman–Crippen LogP) is 2.97. The quantitative estimate of drug-likeness (QED) is 0.932. The van der Waals surface area contributed by atoms with Gasteiger partial charge in [-0.2, -0.15) is 0 Å². The molecule has 1 aromatic carbocycles. The molecule has 0 saturated heterocycles.